The van der Waals surface area contributed by atoms with Crippen LogP contribution in [0.4, 0.5) is 11.8 Å². The fourth-order valence-corrected chi connectivity index (χ4v) is 2.74. The number of rotatable bonds is 6. The van der Waals surface area contributed by atoms with E-state index < -0.39 is 0 Å². The van der Waals surface area contributed by atoms with Crippen LogP contribution in [-0.2, 0) is 13.2 Å². The minimum atomic E-state index is 0.202. The molecule has 4 aromatic rings. The predicted octanol–water partition coefficient (Wildman–Crippen LogP) is 3.80. The summed E-state index contributed by atoms with van der Waals surface area (Å²) in [6.45, 7) is 1.16. The van der Waals surface area contributed by atoms with Crippen LogP contribution in [-0.4, -0.2) is 15.0 Å². The lowest BCUT2D eigenvalue weighted by Crippen LogP contribution is -2.06. The maximum absolute atomic E-state index is 5.82. The summed E-state index contributed by atoms with van der Waals surface area (Å²) in [5.41, 5.74) is 8.61. The Morgan fingerprint density at radius 3 is 2.48 bits per heavy atom. The maximum atomic E-state index is 5.82. The third-order valence-corrected chi connectivity index (χ3v) is 4.12. The highest BCUT2D eigenvalue weighted by Crippen LogP contribution is 2.20. The number of ether oxygens (including phenoxy) is 1. The Balaban J connectivity index is 1.41. The molecule has 0 amide bonds. The first-order valence-electron chi connectivity index (χ1n) is 8.66. The summed E-state index contributed by atoms with van der Waals surface area (Å²) in [5.74, 6) is 1.71. The summed E-state index contributed by atoms with van der Waals surface area (Å²) in [5, 5.41) is 4.15. The van der Waals surface area contributed by atoms with Gasteiger partial charge < -0.3 is 15.8 Å². The number of nitrogens with zero attached hydrogens (tertiary/aromatic N) is 3. The van der Waals surface area contributed by atoms with E-state index in [-0.39, 0.29) is 5.95 Å². The fraction of sp³-hybridized carbons (Fsp3) is 0.0952. The maximum Gasteiger partial charge on any atom is 0.224 e. The molecule has 0 saturated carbocycles. The van der Waals surface area contributed by atoms with E-state index in [0.717, 1.165) is 22.3 Å². The lowest BCUT2D eigenvalue weighted by atomic mass is 10.2. The van der Waals surface area contributed by atoms with E-state index in [2.05, 4.69) is 20.3 Å². The van der Waals surface area contributed by atoms with E-state index in [9.17, 15) is 0 Å². The largest absolute Gasteiger partial charge is 0.489 e. The molecule has 6 nitrogen and oxygen atoms in total. The zero-order valence-corrected chi connectivity index (χ0v) is 14.7. The summed E-state index contributed by atoms with van der Waals surface area (Å²) < 4.78 is 5.82. The number of hydrogen-bond acceptors (Lipinski definition) is 6. The number of nitrogens with one attached hydrogen (secondary N) is 1. The Morgan fingerprint density at radius 1 is 0.852 bits per heavy atom. The fourth-order valence-electron chi connectivity index (χ4n) is 2.74. The highest BCUT2D eigenvalue weighted by Gasteiger charge is 2.06. The Labute approximate surface area is 157 Å². The molecule has 6 heteroatoms. The average Bonchev–Trinajstić information content (AvgIpc) is 2.72. The van der Waals surface area contributed by atoms with Gasteiger partial charge in [0.15, 0.2) is 5.65 Å². The van der Waals surface area contributed by atoms with Gasteiger partial charge in [0.2, 0.25) is 5.95 Å². The Kier molecular flexibility index (Phi) is 4.78. The molecule has 0 unspecified atom stereocenters. The molecule has 2 aromatic heterocycles. The van der Waals surface area contributed by atoms with Crippen molar-refractivity contribution in [1.82, 2.24) is 15.0 Å². The van der Waals surface area contributed by atoms with Crippen LogP contribution in [0, 0.1) is 0 Å². The first-order chi connectivity index (χ1) is 13.3. The van der Waals surface area contributed by atoms with Crippen molar-refractivity contribution in [3.63, 3.8) is 0 Å². The monoisotopic (exact) mass is 357 g/mol. The molecule has 0 aliphatic rings. The third kappa shape index (κ3) is 4.12. The molecule has 134 valence electrons. The molecule has 0 aliphatic carbocycles. The third-order valence-electron chi connectivity index (χ3n) is 4.12. The van der Waals surface area contributed by atoms with Gasteiger partial charge in [0.05, 0.1) is 5.39 Å². The minimum Gasteiger partial charge on any atom is -0.489 e. The highest BCUT2D eigenvalue weighted by molar-refractivity contribution is 5.87. The van der Waals surface area contributed by atoms with Crippen LogP contribution in [0.15, 0.2) is 72.9 Å². The van der Waals surface area contributed by atoms with E-state index in [1.807, 2.05) is 66.7 Å². The van der Waals surface area contributed by atoms with Gasteiger partial charge in [0, 0.05) is 12.7 Å². The first-order valence-corrected chi connectivity index (χ1v) is 8.66. The summed E-state index contributed by atoms with van der Waals surface area (Å²) in [6, 6.07) is 21.9. The number of hydrogen-bond donors (Lipinski definition) is 2. The normalized spacial score (nSPS) is 10.7. The predicted molar refractivity (Wildman–Crippen MR) is 106 cm³/mol. The van der Waals surface area contributed by atoms with E-state index >= 15 is 0 Å². The van der Waals surface area contributed by atoms with Crippen molar-refractivity contribution >= 4 is 22.8 Å². The van der Waals surface area contributed by atoms with Crippen molar-refractivity contribution in [2.24, 2.45) is 0 Å². The Hall–Kier alpha value is -3.67. The van der Waals surface area contributed by atoms with E-state index in [1.54, 1.807) is 6.20 Å². The Morgan fingerprint density at radius 2 is 1.67 bits per heavy atom. The van der Waals surface area contributed by atoms with Crippen LogP contribution in [0.2, 0.25) is 0 Å². The molecular weight excluding hydrogens is 338 g/mol. The lowest BCUT2D eigenvalue weighted by molar-refractivity contribution is 0.306. The second kappa shape index (κ2) is 7.70. The second-order valence-corrected chi connectivity index (χ2v) is 6.08. The van der Waals surface area contributed by atoms with Crippen molar-refractivity contribution in [3.8, 4) is 5.75 Å². The van der Waals surface area contributed by atoms with Crippen LogP contribution in [0.3, 0.4) is 0 Å². The number of aromatic nitrogens is 3. The average molecular weight is 357 g/mol. The minimum absolute atomic E-state index is 0.202. The molecule has 0 fully saturated rings. The van der Waals surface area contributed by atoms with Crippen LogP contribution in [0.1, 0.15) is 11.1 Å². The molecular formula is C21H19N5O. The number of fused-ring (bicyclic) bond motifs is 1. The van der Waals surface area contributed by atoms with Crippen LogP contribution >= 0.6 is 0 Å². The first kappa shape index (κ1) is 16.8. The molecule has 0 spiro atoms. The van der Waals surface area contributed by atoms with Gasteiger partial charge in [-0.25, -0.2) is 4.98 Å². The molecule has 0 saturated heterocycles. The second-order valence-electron chi connectivity index (χ2n) is 6.08. The van der Waals surface area contributed by atoms with Crippen molar-refractivity contribution in [2.75, 3.05) is 11.1 Å². The highest BCUT2D eigenvalue weighted by atomic mass is 16.5. The number of nitrogen functional groups attached to an aromatic ring is 1. The van der Waals surface area contributed by atoms with Gasteiger partial charge in [0.1, 0.15) is 18.2 Å². The molecule has 2 aromatic carbocycles. The van der Waals surface area contributed by atoms with Crippen molar-refractivity contribution in [1.29, 1.82) is 0 Å². The standard InChI is InChI=1S/C21H19N5O/c22-21-25-19-18(7-4-12-23-19)20(26-21)24-13-15-8-10-17(11-9-15)27-14-16-5-2-1-3-6-16/h1-12H,13-14H2,(H3,22,23,24,25,26). The van der Waals surface area contributed by atoms with Gasteiger partial charge >= 0.3 is 0 Å². The van der Waals surface area contributed by atoms with Crippen molar-refractivity contribution in [3.05, 3.63) is 84.1 Å². The molecule has 0 aliphatic heterocycles. The summed E-state index contributed by atoms with van der Waals surface area (Å²) in [6.07, 6.45) is 1.69. The van der Waals surface area contributed by atoms with Crippen LogP contribution in [0.25, 0.3) is 11.0 Å². The molecule has 0 radical (unpaired) electrons. The molecule has 0 bridgehead atoms. The van der Waals surface area contributed by atoms with Crippen molar-refractivity contribution in [2.45, 2.75) is 13.2 Å². The van der Waals surface area contributed by atoms with E-state index in [0.29, 0.717) is 24.6 Å². The molecule has 0 atom stereocenters. The SMILES string of the molecule is Nc1nc(NCc2ccc(OCc3ccccc3)cc2)c2cccnc2n1. The number of benzene rings is 2. The lowest BCUT2D eigenvalue weighted by Gasteiger charge is -2.10. The van der Waals surface area contributed by atoms with Gasteiger partial charge in [-0.3, -0.25) is 0 Å². The topological polar surface area (TPSA) is 86.0 Å². The van der Waals surface area contributed by atoms with Crippen LogP contribution < -0.4 is 15.8 Å². The smallest absolute Gasteiger partial charge is 0.224 e. The van der Waals surface area contributed by atoms with E-state index in [1.165, 1.54) is 0 Å². The van der Waals surface area contributed by atoms with Gasteiger partial charge in [-0.2, -0.15) is 9.97 Å². The van der Waals surface area contributed by atoms with Gasteiger partial charge in [0.25, 0.3) is 0 Å². The zero-order chi connectivity index (χ0) is 18.5. The van der Waals surface area contributed by atoms with Crippen molar-refractivity contribution < 1.29 is 4.74 Å². The molecule has 27 heavy (non-hydrogen) atoms. The van der Waals surface area contributed by atoms with E-state index in [4.69, 9.17) is 10.5 Å². The van der Waals surface area contributed by atoms with Gasteiger partial charge in [-0.05, 0) is 35.4 Å². The number of nitrogens with two attached hydrogens (primary N) is 1. The number of pyridine rings is 1. The van der Waals surface area contributed by atoms with Gasteiger partial charge in [-0.1, -0.05) is 42.5 Å². The number of anilines is 2. The quantitative estimate of drug-likeness (QED) is 0.546. The molecule has 2 heterocycles. The van der Waals surface area contributed by atoms with Gasteiger partial charge in [-0.15, -0.1) is 0 Å². The summed E-state index contributed by atoms with van der Waals surface area (Å²) in [7, 11) is 0. The zero-order valence-electron chi connectivity index (χ0n) is 14.7. The molecule has 4 rings (SSSR count). The Bertz CT molecular complexity index is 1040. The molecule has 3 N–H and O–H groups in total. The van der Waals surface area contributed by atoms with Crippen LogP contribution in [0.5, 0.6) is 5.75 Å². The summed E-state index contributed by atoms with van der Waals surface area (Å²) in [4.78, 5) is 12.7. The summed E-state index contributed by atoms with van der Waals surface area (Å²) >= 11 is 0.